The third-order valence-corrected chi connectivity index (χ3v) is 3.54. The topological polar surface area (TPSA) is 135 Å². The van der Waals surface area contributed by atoms with Crippen molar-refractivity contribution in [3.8, 4) is 0 Å². The molecule has 0 radical (unpaired) electrons. The average molecular weight is 372 g/mol. The first-order valence-electron chi connectivity index (χ1n) is 7.26. The molecule has 0 spiro atoms. The number of carbonyl (C=O) groups excluding carboxylic acids is 3. The van der Waals surface area contributed by atoms with E-state index < -0.39 is 35.5 Å². The molecular weight excluding hydrogens is 352 g/mol. The van der Waals surface area contributed by atoms with Crippen LogP contribution >= 0.6 is 11.8 Å². The molecule has 9 nitrogen and oxygen atoms in total. The van der Waals surface area contributed by atoms with Crippen molar-refractivity contribution in [1.29, 1.82) is 0 Å². The van der Waals surface area contributed by atoms with Crippen LogP contribution in [0, 0.1) is 0 Å². The number of alkyl carbamates (subject to hydrolysis) is 1. The minimum Gasteiger partial charge on any atom is -0.480 e. The fourth-order valence-electron chi connectivity index (χ4n) is 1.53. The Morgan fingerprint density at radius 3 is 2.52 bits per heavy atom. The minimum atomic E-state index is -1.26. The fourth-order valence-corrected chi connectivity index (χ4v) is 2.36. The van der Waals surface area contributed by atoms with Gasteiger partial charge in [0.05, 0.1) is 12.0 Å². The van der Waals surface area contributed by atoms with Gasteiger partial charge in [0, 0.05) is 5.75 Å². The molecule has 1 aromatic heterocycles. The Balaban J connectivity index is 2.39. The summed E-state index contributed by atoms with van der Waals surface area (Å²) in [4.78, 5) is 46.0. The third-order valence-electron chi connectivity index (χ3n) is 2.50. The van der Waals surface area contributed by atoms with E-state index in [2.05, 4.69) is 10.6 Å². The Hall–Kier alpha value is -2.49. The zero-order chi connectivity index (χ0) is 19.0. The summed E-state index contributed by atoms with van der Waals surface area (Å²) in [6.45, 7) is 4.95. The van der Waals surface area contributed by atoms with Crippen LogP contribution in [0.2, 0.25) is 0 Å². The van der Waals surface area contributed by atoms with E-state index in [1.807, 2.05) is 0 Å². The Morgan fingerprint density at radius 1 is 1.32 bits per heavy atom. The molecule has 0 fully saturated rings. The molecule has 0 saturated heterocycles. The number of carbonyl (C=O) groups is 4. The number of imide groups is 1. The number of hydrogen-bond donors (Lipinski definition) is 3. The van der Waals surface area contributed by atoms with Crippen molar-refractivity contribution in [3.05, 3.63) is 24.2 Å². The molecule has 3 N–H and O–H groups in total. The van der Waals surface area contributed by atoms with Crippen LogP contribution in [0.1, 0.15) is 31.3 Å². The quantitative estimate of drug-likeness (QED) is 0.651. The summed E-state index contributed by atoms with van der Waals surface area (Å²) in [5, 5.41) is 13.4. The molecule has 1 aromatic rings. The van der Waals surface area contributed by atoms with Gasteiger partial charge in [0.15, 0.2) is 5.76 Å². The molecule has 3 amide bonds. The highest BCUT2D eigenvalue weighted by atomic mass is 32.2. The van der Waals surface area contributed by atoms with E-state index in [4.69, 9.17) is 14.3 Å². The van der Waals surface area contributed by atoms with Crippen molar-refractivity contribution in [2.75, 3.05) is 11.5 Å². The number of carboxylic acids is 1. The highest BCUT2D eigenvalue weighted by Gasteiger charge is 2.24. The van der Waals surface area contributed by atoms with E-state index in [0.29, 0.717) is 0 Å². The molecule has 1 atom stereocenters. The smallest absolute Gasteiger partial charge is 0.408 e. The van der Waals surface area contributed by atoms with E-state index in [1.54, 1.807) is 20.8 Å². The summed E-state index contributed by atoms with van der Waals surface area (Å²) in [7, 11) is 0. The number of ether oxygens (including phenoxy) is 1. The maximum Gasteiger partial charge on any atom is 0.408 e. The van der Waals surface area contributed by atoms with Gasteiger partial charge in [0.2, 0.25) is 5.91 Å². The lowest BCUT2D eigenvalue weighted by atomic mass is 10.2. The molecule has 0 saturated carbocycles. The Morgan fingerprint density at radius 2 is 2.00 bits per heavy atom. The predicted octanol–water partition coefficient (Wildman–Crippen LogP) is 1.25. The minimum absolute atomic E-state index is 0.00615. The van der Waals surface area contributed by atoms with Gasteiger partial charge in [0.25, 0.3) is 5.91 Å². The lowest BCUT2D eigenvalue weighted by Gasteiger charge is -2.21. The fraction of sp³-hybridized carbons (Fsp3) is 0.467. The standard InChI is InChI=1S/C15H20N2O7S/c1-15(2,3)24-14(22)16-9(13(20)21)7-25-8-11(18)17-12(19)10-5-4-6-23-10/h4-6,9H,7-8H2,1-3H3,(H,16,22)(H,20,21)(H,17,18,19). The molecule has 0 aromatic carbocycles. The van der Waals surface area contributed by atoms with Crippen LogP contribution < -0.4 is 10.6 Å². The summed E-state index contributed by atoms with van der Waals surface area (Å²) in [5.41, 5.74) is -0.758. The number of carboxylic acid groups (broad SMARTS) is 1. The predicted molar refractivity (Wildman–Crippen MR) is 89.3 cm³/mol. The van der Waals surface area contributed by atoms with Crippen molar-refractivity contribution >= 4 is 35.6 Å². The Kier molecular flexibility index (Phi) is 7.49. The van der Waals surface area contributed by atoms with E-state index in [9.17, 15) is 19.2 Å². The van der Waals surface area contributed by atoms with Crippen LogP contribution in [0.4, 0.5) is 4.79 Å². The summed E-state index contributed by atoms with van der Waals surface area (Å²) >= 11 is 0.951. The second-order valence-corrected chi connectivity index (χ2v) is 6.94. The first-order valence-corrected chi connectivity index (χ1v) is 8.41. The molecule has 0 aliphatic heterocycles. The monoisotopic (exact) mass is 372 g/mol. The molecule has 0 bridgehead atoms. The first-order chi connectivity index (χ1) is 11.6. The van der Waals surface area contributed by atoms with Gasteiger partial charge in [-0.3, -0.25) is 14.9 Å². The van der Waals surface area contributed by atoms with Crippen molar-refractivity contribution in [1.82, 2.24) is 10.6 Å². The molecule has 138 valence electrons. The van der Waals surface area contributed by atoms with Gasteiger partial charge in [-0.25, -0.2) is 9.59 Å². The zero-order valence-corrected chi connectivity index (χ0v) is 14.8. The van der Waals surface area contributed by atoms with Gasteiger partial charge in [-0.05, 0) is 32.9 Å². The molecule has 1 rings (SSSR count). The van der Waals surface area contributed by atoms with Crippen molar-refractivity contribution in [3.63, 3.8) is 0 Å². The summed E-state index contributed by atoms with van der Waals surface area (Å²) in [5.74, 6) is -2.78. The molecule has 1 unspecified atom stereocenters. The normalized spacial score (nSPS) is 12.1. The molecule has 25 heavy (non-hydrogen) atoms. The molecule has 0 aliphatic rings. The van der Waals surface area contributed by atoms with Gasteiger partial charge in [-0.1, -0.05) is 0 Å². The number of amides is 3. The number of hydrogen-bond acceptors (Lipinski definition) is 7. The highest BCUT2D eigenvalue weighted by molar-refractivity contribution is 8.00. The number of rotatable bonds is 7. The number of thioether (sulfide) groups is 1. The lowest BCUT2D eigenvalue weighted by Crippen LogP contribution is -2.45. The maximum atomic E-state index is 11.7. The van der Waals surface area contributed by atoms with Crippen LogP contribution in [-0.4, -0.2) is 52.1 Å². The van der Waals surface area contributed by atoms with Crippen LogP contribution in [0.25, 0.3) is 0 Å². The van der Waals surface area contributed by atoms with Crippen molar-refractivity contribution < 1.29 is 33.4 Å². The largest absolute Gasteiger partial charge is 0.480 e. The van der Waals surface area contributed by atoms with E-state index in [1.165, 1.54) is 18.4 Å². The summed E-state index contributed by atoms with van der Waals surface area (Å²) in [6, 6.07) is 1.68. The van der Waals surface area contributed by atoms with Gasteiger partial charge < -0.3 is 19.6 Å². The third kappa shape index (κ3) is 8.25. The van der Waals surface area contributed by atoms with Gasteiger partial charge in [-0.15, -0.1) is 11.8 Å². The maximum absolute atomic E-state index is 11.7. The van der Waals surface area contributed by atoms with Crippen LogP contribution in [0.15, 0.2) is 22.8 Å². The highest BCUT2D eigenvalue weighted by Crippen LogP contribution is 2.09. The molecule has 10 heteroatoms. The number of aliphatic carboxylic acids is 1. The van der Waals surface area contributed by atoms with Crippen LogP contribution in [-0.2, 0) is 14.3 Å². The Bertz CT molecular complexity index is 622. The molecule has 1 heterocycles. The average Bonchev–Trinajstić information content (AvgIpc) is 2.98. The lowest BCUT2D eigenvalue weighted by molar-refractivity contribution is -0.138. The van der Waals surface area contributed by atoms with Gasteiger partial charge in [-0.2, -0.15) is 0 Å². The first kappa shape index (κ1) is 20.6. The second-order valence-electron chi connectivity index (χ2n) is 5.91. The van der Waals surface area contributed by atoms with Gasteiger partial charge in [0.1, 0.15) is 11.6 Å². The summed E-state index contributed by atoms with van der Waals surface area (Å²) < 4.78 is 9.83. The van der Waals surface area contributed by atoms with Crippen molar-refractivity contribution in [2.24, 2.45) is 0 Å². The second kappa shape index (κ2) is 9.11. The van der Waals surface area contributed by atoms with Crippen LogP contribution in [0.3, 0.4) is 0 Å². The van der Waals surface area contributed by atoms with Gasteiger partial charge >= 0.3 is 12.1 Å². The Labute approximate surface area is 148 Å². The van der Waals surface area contributed by atoms with Crippen molar-refractivity contribution in [2.45, 2.75) is 32.4 Å². The zero-order valence-electron chi connectivity index (χ0n) is 14.0. The van der Waals surface area contributed by atoms with E-state index in [0.717, 1.165) is 11.8 Å². The summed E-state index contributed by atoms with van der Waals surface area (Å²) in [6.07, 6.45) is 0.437. The van der Waals surface area contributed by atoms with Crippen LogP contribution in [0.5, 0.6) is 0 Å². The molecule has 0 aliphatic carbocycles. The number of furan rings is 1. The van der Waals surface area contributed by atoms with E-state index in [-0.39, 0.29) is 17.3 Å². The SMILES string of the molecule is CC(C)(C)OC(=O)NC(CSCC(=O)NC(=O)c1ccco1)C(=O)O. The van der Waals surface area contributed by atoms with E-state index >= 15 is 0 Å². The number of nitrogens with one attached hydrogen (secondary N) is 2. The molecular formula is C15H20N2O7S.